The molecule has 0 atom stereocenters. The Morgan fingerprint density at radius 2 is 2.20 bits per heavy atom. The van der Waals surface area contributed by atoms with Crippen molar-refractivity contribution in [3.63, 3.8) is 0 Å². The van der Waals surface area contributed by atoms with E-state index in [4.69, 9.17) is 0 Å². The van der Waals surface area contributed by atoms with Gasteiger partial charge in [0.1, 0.15) is 11.6 Å². The summed E-state index contributed by atoms with van der Waals surface area (Å²) >= 11 is 0. The van der Waals surface area contributed by atoms with E-state index in [0.29, 0.717) is 17.9 Å². The van der Waals surface area contributed by atoms with Crippen molar-refractivity contribution in [1.82, 2.24) is 19.9 Å². The molecular formula is C14H19N5O. The first-order chi connectivity index (χ1) is 9.72. The summed E-state index contributed by atoms with van der Waals surface area (Å²) in [6.07, 6.45) is 6.21. The Bertz CT molecular complexity index is 578. The number of amides is 1. The Labute approximate surface area is 118 Å². The fourth-order valence-electron chi connectivity index (χ4n) is 1.79. The Hall–Kier alpha value is -2.37. The van der Waals surface area contributed by atoms with E-state index in [0.717, 1.165) is 18.8 Å². The molecule has 0 aliphatic carbocycles. The molecule has 0 fully saturated rings. The zero-order valence-corrected chi connectivity index (χ0v) is 11.8. The number of carbonyl (C=O) groups is 1. The van der Waals surface area contributed by atoms with Crippen LogP contribution in [-0.2, 0) is 13.6 Å². The highest BCUT2D eigenvalue weighted by atomic mass is 16.1. The zero-order chi connectivity index (χ0) is 14.4. The first-order valence-corrected chi connectivity index (χ1v) is 6.65. The van der Waals surface area contributed by atoms with Gasteiger partial charge in [-0.1, -0.05) is 6.92 Å². The Morgan fingerprint density at radius 3 is 2.90 bits per heavy atom. The summed E-state index contributed by atoms with van der Waals surface area (Å²) in [4.78, 5) is 20.6. The third-order valence-electron chi connectivity index (χ3n) is 2.92. The summed E-state index contributed by atoms with van der Waals surface area (Å²) in [5, 5.41) is 6.01. The van der Waals surface area contributed by atoms with Crippen LogP contribution >= 0.6 is 0 Å². The van der Waals surface area contributed by atoms with Crippen molar-refractivity contribution in [2.24, 2.45) is 7.05 Å². The molecule has 6 heteroatoms. The monoisotopic (exact) mass is 273 g/mol. The molecule has 0 radical (unpaired) electrons. The van der Waals surface area contributed by atoms with Crippen LogP contribution < -0.4 is 10.6 Å². The molecule has 0 aromatic carbocycles. The van der Waals surface area contributed by atoms with Gasteiger partial charge in [-0.3, -0.25) is 4.79 Å². The summed E-state index contributed by atoms with van der Waals surface area (Å²) in [6.45, 7) is 3.25. The second-order valence-electron chi connectivity index (χ2n) is 4.46. The maximum atomic E-state index is 12.2. The second kappa shape index (κ2) is 6.70. The number of aromatic nitrogens is 3. The van der Waals surface area contributed by atoms with E-state index in [1.807, 2.05) is 17.8 Å². The molecule has 0 aliphatic rings. The molecule has 0 bridgehead atoms. The van der Waals surface area contributed by atoms with Gasteiger partial charge in [-0.05, 0) is 18.6 Å². The topological polar surface area (TPSA) is 71.8 Å². The standard InChI is InChI=1S/C14H19N5O/c1-3-6-16-13-11(5-4-7-17-13)14(20)18-10-12-15-8-9-19(12)2/h4-5,7-9H,3,6,10H2,1-2H3,(H,16,17)(H,18,20). The molecule has 1 amide bonds. The van der Waals surface area contributed by atoms with Gasteiger partial charge in [0.25, 0.3) is 5.91 Å². The van der Waals surface area contributed by atoms with Crippen LogP contribution in [0.1, 0.15) is 29.5 Å². The minimum absolute atomic E-state index is 0.153. The first-order valence-electron chi connectivity index (χ1n) is 6.65. The Balaban J connectivity index is 2.03. The highest BCUT2D eigenvalue weighted by Crippen LogP contribution is 2.11. The Morgan fingerprint density at radius 1 is 1.35 bits per heavy atom. The van der Waals surface area contributed by atoms with E-state index in [1.54, 1.807) is 24.5 Å². The number of rotatable bonds is 6. The molecule has 0 aliphatic heterocycles. The van der Waals surface area contributed by atoms with Gasteiger partial charge >= 0.3 is 0 Å². The van der Waals surface area contributed by atoms with Crippen LogP contribution in [0.15, 0.2) is 30.7 Å². The summed E-state index contributed by atoms with van der Waals surface area (Å²) in [6, 6.07) is 3.52. The lowest BCUT2D eigenvalue weighted by Crippen LogP contribution is -2.25. The molecule has 6 nitrogen and oxygen atoms in total. The number of anilines is 1. The number of nitrogens with one attached hydrogen (secondary N) is 2. The lowest BCUT2D eigenvalue weighted by molar-refractivity contribution is 0.0950. The molecule has 2 aromatic rings. The van der Waals surface area contributed by atoms with Crippen molar-refractivity contribution < 1.29 is 4.79 Å². The van der Waals surface area contributed by atoms with E-state index in [1.165, 1.54) is 0 Å². The van der Waals surface area contributed by atoms with Crippen LogP contribution in [0.4, 0.5) is 5.82 Å². The average molecular weight is 273 g/mol. The minimum Gasteiger partial charge on any atom is -0.369 e. The van der Waals surface area contributed by atoms with Crippen molar-refractivity contribution in [3.8, 4) is 0 Å². The van der Waals surface area contributed by atoms with Crippen LogP contribution in [0.5, 0.6) is 0 Å². The van der Waals surface area contributed by atoms with Crippen molar-refractivity contribution in [3.05, 3.63) is 42.1 Å². The van der Waals surface area contributed by atoms with Crippen molar-refractivity contribution >= 4 is 11.7 Å². The van der Waals surface area contributed by atoms with E-state index < -0.39 is 0 Å². The van der Waals surface area contributed by atoms with E-state index in [9.17, 15) is 4.79 Å². The maximum Gasteiger partial charge on any atom is 0.255 e. The third-order valence-corrected chi connectivity index (χ3v) is 2.92. The average Bonchev–Trinajstić information content (AvgIpc) is 2.88. The second-order valence-corrected chi connectivity index (χ2v) is 4.46. The molecule has 20 heavy (non-hydrogen) atoms. The number of nitrogens with zero attached hydrogens (tertiary/aromatic N) is 3. The number of carbonyl (C=O) groups excluding carboxylic acids is 1. The highest BCUT2D eigenvalue weighted by Gasteiger charge is 2.12. The normalized spacial score (nSPS) is 10.3. The third kappa shape index (κ3) is 3.34. The van der Waals surface area contributed by atoms with Gasteiger partial charge in [-0.2, -0.15) is 0 Å². The van der Waals surface area contributed by atoms with Crippen molar-refractivity contribution in [2.75, 3.05) is 11.9 Å². The fourth-order valence-corrected chi connectivity index (χ4v) is 1.79. The van der Waals surface area contributed by atoms with Gasteiger partial charge in [0.2, 0.25) is 0 Å². The summed E-state index contributed by atoms with van der Waals surface area (Å²) in [5.74, 6) is 1.27. The van der Waals surface area contributed by atoms with E-state index >= 15 is 0 Å². The predicted octanol–water partition coefficient (Wildman–Crippen LogP) is 1.57. The lowest BCUT2D eigenvalue weighted by atomic mass is 10.2. The number of hydrogen-bond donors (Lipinski definition) is 2. The zero-order valence-electron chi connectivity index (χ0n) is 11.8. The summed E-state index contributed by atoms with van der Waals surface area (Å²) < 4.78 is 1.87. The lowest BCUT2D eigenvalue weighted by Gasteiger charge is -2.10. The van der Waals surface area contributed by atoms with Gasteiger partial charge in [-0.25, -0.2) is 9.97 Å². The molecule has 2 aromatic heterocycles. The maximum absolute atomic E-state index is 12.2. The van der Waals surface area contributed by atoms with Gasteiger partial charge in [0.15, 0.2) is 0 Å². The van der Waals surface area contributed by atoms with Gasteiger partial charge < -0.3 is 15.2 Å². The van der Waals surface area contributed by atoms with Gasteiger partial charge in [-0.15, -0.1) is 0 Å². The van der Waals surface area contributed by atoms with Gasteiger partial charge in [0, 0.05) is 32.2 Å². The van der Waals surface area contributed by atoms with E-state index in [2.05, 4.69) is 27.5 Å². The van der Waals surface area contributed by atoms with Crippen LogP contribution in [0.2, 0.25) is 0 Å². The molecule has 106 valence electrons. The molecule has 0 saturated heterocycles. The van der Waals surface area contributed by atoms with Crippen LogP contribution in [0.3, 0.4) is 0 Å². The molecule has 0 unspecified atom stereocenters. The van der Waals surface area contributed by atoms with Crippen LogP contribution in [-0.4, -0.2) is 27.0 Å². The van der Waals surface area contributed by atoms with Gasteiger partial charge in [0.05, 0.1) is 12.1 Å². The molecule has 2 rings (SSSR count). The van der Waals surface area contributed by atoms with Crippen molar-refractivity contribution in [2.45, 2.75) is 19.9 Å². The largest absolute Gasteiger partial charge is 0.369 e. The SMILES string of the molecule is CCCNc1ncccc1C(=O)NCc1nccn1C. The molecular weight excluding hydrogens is 254 g/mol. The highest BCUT2D eigenvalue weighted by molar-refractivity contribution is 5.98. The molecule has 2 N–H and O–H groups in total. The number of aryl methyl sites for hydroxylation is 1. The molecule has 2 heterocycles. The first kappa shape index (κ1) is 14.0. The molecule has 0 spiro atoms. The molecule has 0 saturated carbocycles. The van der Waals surface area contributed by atoms with E-state index in [-0.39, 0.29) is 5.91 Å². The Kier molecular flexibility index (Phi) is 4.70. The minimum atomic E-state index is -0.153. The summed E-state index contributed by atoms with van der Waals surface area (Å²) in [5.41, 5.74) is 0.551. The van der Waals surface area contributed by atoms with Crippen molar-refractivity contribution in [1.29, 1.82) is 0 Å². The number of pyridine rings is 1. The number of imidazole rings is 1. The quantitative estimate of drug-likeness (QED) is 0.838. The smallest absolute Gasteiger partial charge is 0.255 e. The van der Waals surface area contributed by atoms with Crippen LogP contribution in [0, 0.1) is 0 Å². The predicted molar refractivity (Wildman–Crippen MR) is 77.4 cm³/mol. The number of hydrogen-bond acceptors (Lipinski definition) is 4. The summed E-state index contributed by atoms with van der Waals surface area (Å²) in [7, 11) is 1.90. The fraction of sp³-hybridized carbons (Fsp3) is 0.357. The van der Waals surface area contributed by atoms with Crippen LogP contribution in [0.25, 0.3) is 0 Å².